The van der Waals surface area contributed by atoms with Crippen LogP contribution >= 0.6 is 0 Å². The first-order chi connectivity index (χ1) is 31.9. The number of fused-ring (bicyclic) bond motifs is 10. The number of rotatable bonds is 8. The second-order valence-corrected chi connectivity index (χ2v) is 17.7. The summed E-state index contributed by atoms with van der Waals surface area (Å²) in [4.78, 5) is 5.34. The Morgan fingerprint density at radius 2 is 1.11 bits per heavy atom. The number of allylic oxidation sites excluding steroid dienone is 1. The Hall–Kier alpha value is -8.21. The van der Waals surface area contributed by atoms with Crippen LogP contribution in [0.3, 0.4) is 0 Å². The number of benzene rings is 9. The Morgan fingerprint density at radius 1 is 0.523 bits per heavy atom. The van der Waals surface area contributed by atoms with Gasteiger partial charge in [0.1, 0.15) is 5.84 Å². The van der Waals surface area contributed by atoms with Crippen LogP contribution in [0, 0.1) is 0 Å². The molecule has 0 amide bonds. The minimum atomic E-state index is -0.264. The molecule has 0 saturated heterocycles. The summed E-state index contributed by atoms with van der Waals surface area (Å²) in [5.41, 5.74) is 25.2. The van der Waals surface area contributed by atoms with Crippen molar-refractivity contribution >= 4 is 55.1 Å². The highest BCUT2D eigenvalue weighted by molar-refractivity contribution is 6.20. The molecule has 0 unspecified atom stereocenters. The molecule has 11 aromatic rings. The number of aromatic nitrogens is 2. The van der Waals surface area contributed by atoms with Gasteiger partial charge in [0.25, 0.3) is 0 Å². The molecule has 1 aliphatic rings. The normalized spacial score (nSPS) is 13.5. The van der Waals surface area contributed by atoms with Gasteiger partial charge in [-0.05, 0) is 88.3 Å². The highest BCUT2D eigenvalue weighted by atomic mass is 15.0. The van der Waals surface area contributed by atoms with Crippen LogP contribution in [0.25, 0.3) is 82.9 Å². The fraction of sp³-hybridized carbons (Fsp3) is 0.0656. The first-order valence-corrected chi connectivity index (χ1v) is 22.5. The fourth-order valence-electron chi connectivity index (χ4n) is 10.4. The average Bonchev–Trinajstić information content (AvgIpc) is 3.96. The molecule has 12 rings (SSSR count). The van der Waals surface area contributed by atoms with Crippen molar-refractivity contribution in [1.82, 2.24) is 9.13 Å². The number of amidine groups is 1. The van der Waals surface area contributed by atoms with Gasteiger partial charge in [0, 0.05) is 55.0 Å². The van der Waals surface area contributed by atoms with Crippen LogP contribution in [-0.2, 0) is 11.8 Å². The first-order valence-electron chi connectivity index (χ1n) is 22.5. The zero-order chi connectivity index (χ0) is 43.6. The van der Waals surface area contributed by atoms with Gasteiger partial charge in [0.05, 0.1) is 27.8 Å². The summed E-state index contributed by atoms with van der Waals surface area (Å²) in [6, 6.07) is 76.3. The number of nitrogens with zero attached hydrogens (tertiary/aromatic N) is 3. The van der Waals surface area contributed by atoms with Crippen molar-refractivity contribution in [3.63, 3.8) is 0 Å². The highest BCUT2D eigenvalue weighted by Crippen LogP contribution is 2.54. The number of nitrogens with two attached hydrogens (primary N) is 1. The Morgan fingerprint density at radius 3 is 1.86 bits per heavy atom. The zero-order valence-electron chi connectivity index (χ0n) is 36.4. The highest BCUT2D eigenvalue weighted by Gasteiger charge is 2.39. The lowest BCUT2D eigenvalue weighted by molar-refractivity contribution is 0.660. The van der Waals surface area contributed by atoms with Gasteiger partial charge in [-0.15, -0.1) is 0 Å². The predicted octanol–water partition coefficient (Wildman–Crippen LogP) is 14.8. The first kappa shape index (κ1) is 38.5. The summed E-state index contributed by atoms with van der Waals surface area (Å²) in [6.45, 7) is 4.72. The van der Waals surface area contributed by atoms with E-state index in [0.717, 1.165) is 39.3 Å². The van der Waals surface area contributed by atoms with E-state index in [4.69, 9.17) is 10.7 Å². The molecule has 2 N–H and O–H groups in total. The van der Waals surface area contributed by atoms with Crippen LogP contribution < -0.4 is 5.73 Å². The van der Waals surface area contributed by atoms with Crippen LogP contribution in [0.4, 0.5) is 0 Å². The van der Waals surface area contributed by atoms with E-state index in [1.54, 1.807) is 0 Å². The van der Waals surface area contributed by atoms with Gasteiger partial charge < -0.3 is 14.9 Å². The second kappa shape index (κ2) is 15.3. The SMILES string of the molecule is CC1(C)c2ccccc2-c2c1cc(/C(=C/Cc1ccccc1)N=C(N)c1ccccc1)c1c3ccccc3n(-c3ccc(-c4ccc5c6ccccc6n(-c6ccccc6)c5c4)cc3)c21. The summed E-state index contributed by atoms with van der Waals surface area (Å²) in [6.07, 6.45) is 2.97. The van der Waals surface area contributed by atoms with Crippen LogP contribution in [0.15, 0.2) is 223 Å². The molecule has 310 valence electrons. The Balaban J connectivity index is 1.09. The topological polar surface area (TPSA) is 48.2 Å². The summed E-state index contributed by atoms with van der Waals surface area (Å²) in [5.74, 6) is 0.489. The molecule has 2 aromatic heterocycles. The van der Waals surface area contributed by atoms with Crippen molar-refractivity contribution in [2.24, 2.45) is 10.7 Å². The molecule has 4 nitrogen and oxygen atoms in total. The van der Waals surface area contributed by atoms with E-state index >= 15 is 0 Å². The summed E-state index contributed by atoms with van der Waals surface area (Å²) in [7, 11) is 0. The third kappa shape index (κ3) is 6.24. The third-order valence-electron chi connectivity index (χ3n) is 13.6. The zero-order valence-corrected chi connectivity index (χ0v) is 36.4. The summed E-state index contributed by atoms with van der Waals surface area (Å²) in [5, 5.41) is 4.83. The van der Waals surface area contributed by atoms with Gasteiger partial charge in [0.15, 0.2) is 0 Å². The van der Waals surface area contributed by atoms with Gasteiger partial charge in [0.2, 0.25) is 0 Å². The molecule has 4 heteroatoms. The molecule has 65 heavy (non-hydrogen) atoms. The van der Waals surface area contributed by atoms with Gasteiger partial charge >= 0.3 is 0 Å². The molecule has 0 aliphatic heterocycles. The van der Waals surface area contributed by atoms with Crippen LogP contribution in [-0.4, -0.2) is 15.0 Å². The van der Waals surface area contributed by atoms with E-state index in [1.165, 1.54) is 71.5 Å². The summed E-state index contributed by atoms with van der Waals surface area (Å²) < 4.78 is 4.88. The molecular weight excluding hydrogens is 789 g/mol. The largest absolute Gasteiger partial charge is 0.383 e. The average molecular weight is 835 g/mol. The molecule has 0 fully saturated rings. The van der Waals surface area contributed by atoms with E-state index in [2.05, 4.69) is 211 Å². The Bertz CT molecular complexity index is 3680. The van der Waals surface area contributed by atoms with Gasteiger partial charge in [-0.3, -0.25) is 0 Å². The monoisotopic (exact) mass is 834 g/mol. The Kier molecular flexibility index (Phi) is 9.03. The van der Waals surface area contributed by atoms with E-state index < -0.39 is 0 Å². The molecule has 0 saturated carbocycles. The lowest BCUT2D eigenvalue weighted by Gasteiger charge is -2.23. The maximum atomic E-state index is 6.94. The number of hydrogen-bond donors (Lipinski definition) is 1. The minimum absolute atomic E-state index is 0.264. The van der Waals surface area contributed by atoms with Crippen LogP contribution in [0.2, 0.25) is 0 Å². The van der Waals surface area contributed by atoms with Gasteiger partial charge in [-0.1, -0.05) is 184 Å². The van der Waals surface area contributed by atoms with Crippen molar-refractivity contribution in [3.05, 3.63) is 246 Å². The number of hydrogen-bond acceptors (Lipinski definition) is 1. The van der Waals surface area contributed by atoms with Crippen molar-refractivity contribution in [3.8, 4) is 33.6 Å². The maximum absolute atomic E-state index is 6.94. The van der Waals surface area contributed by atoms with Crippen molar-refractivity contribution in [2.75, 3.05) is 0 Å². The minimum Gasteiger partial charge on any atom is -0.383 e. The van der Waals surface area contributed by atoms with Gasteiger partial charge in [-0.25, -0.2) is 4.99 Å². The summed E-state index contributed by atoms with van der Waals surface area (Å²) >= 11 is 0. The van der Waals surface area contributed by atoms with E-state index in [9.17, 15) is 0 Å². The Labute approximate surface area is 378 Å². The van der Waals surface area contributed by atoms with Crippen LogP contribution in [0.1, 0.15) is 41.7 Å². The smallest absolute Gasteiger partial charge is 0.131 e. The lowest BCUT2D eigenvalue weighted by Crippen LogP contribution is -2.16. The van der Waals surface area contributed by atoms with Crippen molar-refractivity contribution in [2.45, 2.75) is 25.7 Å². The molecular formula is C61H46N4. The molecule has 0 spiro atoms. The lowest BCUT2D eigenvalue weighted by atomic mass is 9.81. The molecule has 2 heterocycles. The molecule has 1 aliphatic carbocycles. The van der Waals surface area contributed by atoms with E-state index in [1.807, 2.05) is 30.3 Å². The predicted molar refractivity (Wildman–Crippen MR) is 273 cm³/mol. The van der Waals surface area contributed by atoms with Crippen molar-refractivity contribution in [1.29, 1.82) is 0 Å². The quantitative estimate of drug-likeness (QED) is 0.120. The third-order valence-corrected chi connectivity index (χ3v) is 13.6. The second-order valence-electron chi connectivity index (χ2n) is 17.7. The molecule has 0 atom stereocenters. The number of aliphatic imine (C=N–C) groups is 1. The number of para-hydroxylation sites is 3. The van der Waals surface area contributed by atoms with Crippen molar-refractivity contribution < 1.29 is 0 Å². The molecule has 0 bridgehead atoms. The van der Waals surface area contributed by atoms with Crippen LogP contribution in [0.5, 0.6) is 0 Å². The van der Waals surface area contributed by atoms with Gasteiger partial charge in [-0.2, -0.15) is 0 Å². The van der Waals surface area contributed by atoms with E-state index in [0.29, 0.717) is 12.3 Å². The molecule has 9 aromatic carbocycles. The maximum Gasteiger partial charge on any atom is 0.131 e. The van der Waals surface area contributed by atoms with E-state index in [-0.39, 0.29) is 5.41 Å². The fourth-order valence-corrected chi connectivity index (χ4v) is 10.4. The standard InChI is InChI=1S/C61H46N4/c1-61(2)51-27-15-12-25-48(51)58-52(61)39-50(53(37-30-40-18-6-3-7-19-40)63-60(62)42-20-8-4-9-21-42)57-49-26-14-17-29-55(49)65(59(57)58)45-34-31-41(32-35-45)43-33-36-47-46-24-13-16-28-54(46)64(56(47)38-43)44-22-10-5-11-23-44/h3-29,31-39H,30H2,1-2H3,(H2,62,63)/b53-37-. The molecule has 0 radical (unpaired) electrons.